The highest BCUT2D eigenvalue weighted by molar-refractivity contribution is 7.91. The second-order valence-electron chi connectivity index (χ2n) is 9.10. The number of amides is 1. The number of nitrogens with zero attached hydrogens (tertiary/aromatic N) is 2. The van der Waals surface area contributed by atoms with Gasteiger partial charge in [0.05, 0.1) is 10.6 Å². The predicted molar refractivity (Wildman–Crippen MR) is 116 cm³/mol. The molecule has 8 heteroatoms. The number of hydrogen-bond acceptors (Lipinski definition) is 5. The van der Waals surface area contributed by atoms with Crippen molar-refractivity contribution < 1.29 is 22.3 Å². The minimum atomic E-state index is -3.37. The molecule has 0 radical (unpaired) electrons. The van der Waals surface area contributed by atoms with Crippen LogP contribution in [0.2, 0.25) is 0 Å². The van der Waals surface area contributed by atoms with Gasteiger partial charge >= 0.3 is 6.09 Å². The van der Waals surface area contributed by atoms with Gasteiger partial charge in [-0.1, -0.05) is 0 Å². The standard InChI is InChI=1S/C22H35FN2O4S/c1-22(2,3)29-21(26)24(4)14-10-18-11-15-25(16-12-18)13-5-17-30(27,28)20-8-6-19(23)7-9-20/h6-9,18H,5,10-17H2,1-4H3. The number of hydrogen-bond donors (Lipinski definition) is 0. The van der Waals surface area contributed by atoms with E-state index in [0.717, 1.165) is 38.9 Å². The van der Waals surface area contributed by atoms with Crippen LogP contribution >= 0.6 is 0 Å². The first-order valence-corrected chi connectivity index (χ1v) is 12.3. The Balaban J connectivity index is 1.66. The molecule has 1 aromatic carbocycles. The van der Waals surface area contributed by atoms with Gasteiger partial charge in [0.25, 0.3) is 0 Å². The second-order valence-corrected chi connectivity index (χ2v) is 11.2. The lowest BCUT2D eigenvalue weighted by Crippen LogP contribution is -2.38. The van der Waals surface area contributed by atoms with Crippen LogP contribution in [0.15, 0.2) is 29.2 Å². The Morgan fingerprint density at radius 2 is 1.80 bits per heavy atom. The van der Waals surface area contributed by atoms with E-state index in [4.69, 9.17) is 4.74 Å². The highest BCUT2D eigenvalue weighted by atomic mass is 32.2. The molecule has 0 unspecified atom stereocenters. The molecule has 1 saturated heterocycles. The number of halogens is 1. The molecule has 1 aromatic rings. The summed E-state index contributed by atoms with van der Waals surface area (Å²) in [6, 6.07) is 5.00. The van der Waals surface area contributed by atoms with Gasteiger partial charge in [-0.25, -0.2) is 17.6 Å². The molecule has 6 nitrogen and oxygen atoms in total. The van der Waals surface area contributed by atoms with E-state index in [9.17, 15) is 17.6 Å². The van der Waals surface area contributed by atoms with E-state index in [-0.39, 0.29) is 16.7 Å². The third-order valence-electron chi connectivity index (χ3n) is 5.35. The van der Waals surface area contributed by atoms with Crippen molar-refractivity contribution in [2.75, 3.05) is 39.0 Å². The molecule has 0 N–H and O–H groups in total. The highest BCUT2D eigenvalue weighted by Crippen LogP contribution is 2.22. The Morgan fingerprint density at radius 3 is 2.37 bits per heavy atom. The average Bonchev–Trinajstić information content (AvgIpc) is 2.66. The summed E-state index contributed by atoms with van der Waals surface area (Å²) >= 11 is 0. The Bertz CT molecular complexity index is 782. The summed E-state index contributed by atoms with van der Waals surface area (Å²) in [6.07, 6.45) is 3.32. The van der Waals surface area contributed by atoms with Crippen molar-refractivity contribution in [1.82, 2.24) is 9.80 Å². The number of sulfone groups is 1. The number of ether oxygens (including phenoxy) is 1. The summed E-state index contributed by atoms with van der Waals surface area (Å²) in [6.45, 7) is 8.88. The molecule has 170 valence electrons. The predicted octanol–water partition coefficient (Wildman–Crippen LogP) is 3.96. The van der Waals surface area contributed by atoms with Gasteiger partial charge in [0.2, 0.25) is 0 Å². The summed E-state index contributed by atoms with van der Waals surface area (Å²) in [4.78, 5) is 16.1. The lowest BCUT2D eigenvalue weighted by atomic mass is 9.93. The quantitative estimate of drug-likeness (QED) is 0.570. The molecule has 0 aliphatic carbocycles. The van der Waals surface area contributed by atoms with Crippen molar-refractivity contribution in [3.8, 4) is 0 Å². The third kappa shape index (κ3) is 8.22. The SMILES string of the molecule is CN(CCC1CCN(CCCS(=O)(=O)c2ccc(F)cc2)CC1)C(=O)OC(C)(C)C. The first-order chi connectivity index (χ1) is 14.0. The van der Waals surface area contributed by atoms with Gasteiger partial charge in [-0.05, 0) is 96.3 Å². The van der Waals surface area contributed by atoms with Crippen LogP contribution < -0.4 is 0 Å². The average molecular weight is 443 g/mol. The third-order valence-corrected chi connectivity index (χ3v) is 7.16. The normalized spacial score (nSPS) is 16.4. The van der Waals surface area contributed by atoms with Crippen LogP contribution in [0.3, 0.4) is 0 Å². The number of carbonyl (C=O) groups excluding carboxylic acids is 1. The fourth-order valence-corrected chi connectivity index (χ4v) is 4.84. The lowest BCUT2D eigenvalue weighted by molar-refractivity contribution is 0.0284. The zero-order chi connectivity index (χ0) is 22.4. The van der Waals surface area contributed by atoms with Gasteiger partial charge in [-0.3, -0.25) is 0 Å². The van der Waals surface area contributed by atoms with E-state index in [1.54, 1.807) is 11.9 Å². The maximum atomic E-state index is 13.0. The van der Waals surface area contributed by atoms with Crippen LogP contribution in [0.5, 0.6) is 0 Å². The van der Waals surface area contributed by atoms with Crippen molar-refractivity contribution in [3.05, 3.63) is 30.1 Å². The molecule has 30 heavy (non-hydrogen) atoms. The maximum absolute atomic E-state index is 13.0. The lowest BCUT2D eigenvalue weighted by Gasteiger charge is -2.33. The Labute approximate surface area is 180 Å². The Morgan fingerprint density at radius 1 is 1.20 bits per heavy atom. The molecule has 1 heterocycles. The van der Waals surface area contributed by atoms with Gasteiger partial charge in [0.15, 0.2) is 9.84 Å². The van der Waals surface area contributed by atoms with E-state index in [1.165, 1.54) is 24.3 Å². The number of carbonyl (C=O) groups is 1. The molecule has 0 aromatic heterocycles. The summed E-state index contributed by atoms with van der Waals surface area (Å²) in [5.41, 5.74) is -0.485. The van der Waals surface area contributed by atoms with Crippen molar-refractivity contribution in [2.45, 2.75) is 57.0 Å². The highest BCUT2D eigenvalue weighted by Gasteiger charge is 2.23. The van der Waals surface area contributed by atoms with E-state index in [1.807, 2.05) is 20.8 Å². The minimum Gasteiger partial charge on any atom is -0.444 e. The molecule has 0 atom stereocenters. The largest absolute Gasteiger partial charge is 0.444 e. The van der Waals surface area contributed by atoms with Crippen LogP contribution in [0.1, 0.15) is 46.5 Å². The van der Waals surface area contributed by atoms with E-state index in [0.29, 0.717) is 18.9 Å². The van der Waals surface area contributed by atoms with Crippen molar-refractivity contribution >= 4 is 15.9 Å². The van der Waals surface area contributed by atoms with Crippen LogP contribution in [0.25, 0.3) is 0 Å². The van der Waals surface area contributed by atoms with Crippen LogP contribution in [-0.4, -0.2) is 68.9 Å². The number of benzene rings is 1. The van der Waals surface area contributed by atoms with Crippen molar-refractivity contribution in [2.24, 2.45) is 5.92 Å². The number of rotatable bonds is 8. The topological polar surface area (TPSA) is 66.9 Å². The summed E-state index contributed by atoms with van der Waals surface area (Å²) in [5, 5.41) is 0. The smallest absolute Gasteiger partial charge is 0.410 e. The Hall–Kier alpha value is -1.67. The Kier molecular flexibility index (Phi) is 8.67. The minimum absolute atomic E-state index is 0.0687. The zero-order valence-corrected chi connectivity index (χ0v) is 19.4. The van der Waals surface area contributed by atoms with Crippen LogP contribution in [-0.2, 0) is 14.6 Å². The molecule has 1 aliphatic heterocycles. The second kappa shape index (κ2) is 10.6. The first kappa shape index (κ1) is 24.6. The molecule has 0 saturated carbocycles. The van der Waals surface area contributed by atoms with Crippen LogP contribution in [0.4, 0.5) is 9.18 Å². The molecule has 1 amide bonds. The summed E-state index contributed by atoms with van der Waals surface area (Å²) in [7, 11) is -1.60. The number of piperidine rings is 1. The molecule has 0 spiro atoms. The maximum Gasteiger partial charge on any atom is 0.410 e. The van der Waals surface area contributed by atoms with Gasteiger partial charge in [0.1, 0.15) is 11.4 Å². The first-order valence-electron chi connectivity index (χ1n) is 10.6. The van der Waals surface area contributed by atoms with Gasteiger partial charge in [-0.15, -0.1) is 0 Å². The van der Waals surface area contributed by atoms with Gasteiger partial charge in [0, 0.05) is 13.6 Å². The molecule has 2 rings (SSSR count). The fraction of sp³-hybridized carbons (Fsp3) is 0.682. The van der Waals surface area contributed by atoms with E-state index >= 15 is 0 Å². The fourth-order valence-electron chi connectivity index (χ4n) is 3.54. The zero-order valence-electron chi connectivity index (χ0n) is 18.6. The molecular formula is C22H35FN2O4S. The van der Waals surface area contributed by atoms with Gasteiger partial charge in [-0.2, -0.15) is 0 Å². The molecule has 0 bridgehead atoms. The number of likely N-dealkylation sites (tertiary alicyclic amines) is 1. The monoisotopic (exact) mass is 442 g/mol. The van der Waals surface area contributed by atoms with Crippen molar-refractivity contribution in [1.29, 1.82) is 0 Å². The summed E-state index contributed by atoms with van der Waals surface area (Å²) in [5.74, 6) is 0.197. The van der Waals surface area contributed by atoms with E-state index in [2.05, 4.69) is 4.90 Å². The molecule has 1 fully saturated rings. The van der Waals surface area contributed by atoms with Crippen molar-refractivity contribution in [3.63, 3.8) is 0 Å². The van der Waals surface area contributed by atoms with Crippen LogP contribution in [0, 0.1) is 11.7 Å². The van der Waals surface area contributed by atoms with Gasteiger partial charge < -0.3 is 14.5 Å². The molecular weight excluding hydrogens is 407 g/mol. The summed E-state index contributed by atoms with van der Waals surface area (Å²) < 4.78 is 43.0. The van der Waals surface area contributed by atoms with E-state index < -0.39 is 21.3 Å². The molecule has 1 aliphatic rings.